The number of sulfonamides is 1. The zero-order valence-corrected chi connectivity index (χ0v) is 19.8. The summed E-state index contributed by atoms with van der Waals surface area (Å²) in [5.74, 6) is 2.27. The van der Waals surface area contributed by atoms with E-state index in [-0.39, 0.29) is 12.5 Å². The lowest BCUT2D eigenvalue weighted by Crippen LogP contribution is -2.48. The van der Waals surface area contributed by atoms with Crippen molar-refractivity contribution < 1.29 is 13.2 Å². The van der Waals surface area contributed by atoms with Crippen LogP contribution in [0.25, 0.3) is 0 Å². The molecule has 4 bridgehead atoms. The number of nitrogens with one attached hydrogen (secondary N) is 1. The molecule has 1 amide bonds. The van der Waals surface area contributed by atoms with Crippen LogP contribution in [0.5, 0.6) is 0 Å². The summed E-state index contributed by atoms with van der Waals surface area (Å²) in [5.41, 5.74) is 2.81. The monoisotopic (exact) mass is 472 g/mol. The van der Waals surface area contributed by atoms with E-state index < -0.39 is 10.0 Å². The van der Waals surface area contributed by atoms with Gasteiger partial charge in [-0.1, -0.05) is 23.7 Å². The van der Waals surface area contributed by atoms with E-state index in [9.17, 15) is 13.2 Å². The highest BCUT2D eigenvalue weighted by Gasteiger charge is 2.51. The Bertz CT molecular complexity index is 1080. The molecule has 0 unspecified atom stereocenters. The number of hydrogen-bond acceptors (Lipinski definition) is 3. The molecule has 5 nitrogen and oxygen atoms in total. The number of amides is 1. The maximum atomic E-state index is 12.7. The third-order valence-corrected chi connectivity index (χ3v) is 9.01. The molecule has 0 radical (unpaired) electrons. The maximum absolute atomic E-state index is 12.7. The standard InChI is InChI=1S/C25H29ClN2O3S/c1-32(30,31)28(23-8-4-21(26)5-9-23)16-24(29)27-22-6-2-20(3-7-22)25-13-17-10-18(14-25)12-19(11-17)15-25/h2-9,17-19H,10-16H2,1H3,(H,27,29). The summed E-state index contributed by atoms with van der Waals surface area (Å²) in [5, 5.41) is 3.36. The number of hydrogen-bond donors (Lipinski definition) is 1. The second-order valence-electron chi connectivity index (χ2n) is 10.1. The van der Waals surface area contributed by atoms with Gasteiger partial charge < -0.3 is 5.32 Å². The lowest BCUT2D eigenvalue weighted by Gasteiger charge is -2.57. The van der Waals surface area contributed by atoms with Crippen molar-refractivity contribution in [2.45, 2.75) is 43.9 Å². The summed E-state index contributed by atoms with van der Waals surface area (Å²) in [4.78, 5) is 12.7. The van der Waals surface area contributed by atoms with Gasteiger partial charge in [0, 0.05) is 10.7 Å². The molecule has 170 valence electrons. The number of halogens is 1. The summed E-state index contributed by atoms with van der Waals surface area (Å²) in [7, 11) is -3.62. The van der Waals surface area contributed by atoms with E-state index in [1.54, 1.807) is 24.3 Å². The molecule has 4 aliphatic carbocycles. The number of nitrogens with zero attached hydrogens (tertiary/aromatic N) is 1. The Morgan fingerprint density at radius 1 is 0.969 bits per heavy atom. The average Bonchev–Trinajstić information content (AvgIpc) is 2.71. The molecule has 0 aliphatic heterocycles. The van der Waals surface area contributed by atoms with Crippen molar-refractivity contribution in [2.75, 3.05) is 22.4 Å². The summed E-state index contributed by atoms with van der Waals surface area (Å²) in [6, 6.07) is 14.6. The van der Waals surface area contributed by atoms with Gasteiger partial charge in [0.25, 0.3) is 0 Å². The minimum Gasteiger partial charge on any atom is -0.325 e. The van der Waals surface area contributed by atoms with E-state index in [2.05, 4.69) is 17.4 Å². The number of rotatable bonds is 6. The number of carbonyl (C=O) groups excluding carboxylic acids is 1. The Hall–Kier alpha value is -2.05. The van der Waals surface area contributed by atoms with Crippen molar-refractivity contribution in [2.24, 2.45) is 17.8 Å². The highest BCUT2D eigenvalue weighted by atomic mass is 35.5. The van der Waals surface area contributed by atoms with E-state index >= 15 is 0 Å². The fourth-order valence-electron chi connectivity index (χ4n) is 6.71. The van der Waals surface area contributed by atoms with Crippen molar-refractivity contribution in [1.82, 2.24) is 0 Å². The second-order valence-corrected chi connectivity index (χ2v) is 12.4. The highest BCUT2D eigenvalue weighted by molar-refractivity contribution is 7.92. The van der Waals surface area contributed by atoms with Crippen molar-refractivity contribution in [1.29, 1.82) is 0 Å². The van der Waals surface area contributed by atoms with Gasteiger partial charge in [0.1, 0.15) is 6.54 Å². The fraction of sp³-hybridized carbons (Fsp3) is 0.480. The highest BCUT2D eigenvalue weighted by Crippen LogP contribution is 2.60. The molecular formula is C25H29ClN2O3S. The van der Waals surface area contributed by atoms with Crippen LogP contribution in [0.15, 0.2) is 48.5 Å². The van der Waals surface area contributed by atoms with Crippen LogP contribution in [0, 0.1) is 17.8 Å². The minimum absolute atomic E-state index is 0.294. The molecule has 32 heavy (non-hydrogen) atoms. The molecule has 0 spiro atoms. The predicted octanol–water partition coefficient (Wildman–Crippen LogP) is 5.21. The summed E-state index contributed by atoms with van der Waals surface area (Å²) in [6.07, 6.45) is 9.24. The van der Waals surface area contributed by atoms with Gasteiger partial charge in [-0.2, -0.15) is 0 Å². The van der Waals surface area contributed by atoms with Crippen LogP contribution in [-0.4, -0.2) is 27.1 Å². The second kappa shape index (κ2) is 8.07. The van der Waals surface area contributed by atoms with Crippen LogP contribution in [0.1, 0.15) is 44.1 Å². The summed E-state index contributed by atoms with van der Waals surface area (Å²) < 4.78 is 25.6. The van der Waals surface area contributed by atoms with E-state index in [0.717, 1.165) is 28.3 Å². The first kappa shape index (κ1) is 21.8. The Morgan fingerprint density at radius 2 is 1.50 bits per heavy atom. The normalized spacial score (nSPS) is 28.5. The Kier molecular flexibility index (Phi) is 5.49. The van der Waals surface area contributed by atoms with Crippen molar-refractivity contribution in [3.8, 4) is 0 Å². The zero-order valence-electron chi connectivity index (χ0n) is 18.3. The van der Waals surface area contributed by atoms with Gasteiger partial charge in [0.05, 0.1) is 11.9 Å². The van der Waals surface area contributed by atoms with Crippen molar-refractivity contribution in [3.63, 3.8) is 0 Å². The Balaban J connectivity index is 1.28. The average molecular weight is 473 g/mol. The molecular weight excluding hydrogens is 444 g/mol. The van der Waals surface area contributed by atoms with Crippen molar-refractivity contribution in [3.05, 3.63) is 59.1 Å². The first-order valence-electron chi connectivity index (χ1n) is 11.3. The SMILES string of the molecule is CS(=O)(=O)N(CC(=O)Nc1ccc(C23CC4CC(CC(C4)C2)C3)cc1)c1ccc(Cl)cc1. The van der Waals surface area contributed by atoms with E-state index in [1.165, 1.54) is 44.1 Å². The molecule has 1 N–H and O–H groups in total. The third-order valence-electron chi connectivity index (χ3n) is 7.62. The van der Waals surface area contributed by atoms with Crippen LogP contribution >= 0.6 is 11.6 Å². The van der Waals surface area contributed by atoms with Gasteiger partial charge in [0.2, 0.25) is 15.9 Å². The molecule has 4 fully saturated rings. The fourth-order valence-corrected chi connectivity index (χ4v) is 7.69. The Labute approximate surface area is 195 Å². The lowest BCUT2D eigenvalue weighted by molar-refractivity contribution is -0.114. The molecule has 4 saturated carbocycles. The van der Waals surface area contributed by atoms with Gasteiger partial charge in [0.15, 0.2) is 0 Å². The van der Waals surface area contributed by atoms with Gasteiger partial charge in [-0.25, -0.2) is 8.42 Å². The molecule has 2 aromatic rings. The van der Waals surface area contributed by atoms with Crippen LogP contribution in [0.2, 0.25) is 5.02 Å². The minimum atomic E-state index is -3.62. The molecule has 0 aromatic heterocycles. The number of anilines is 2. The predicted molar refractivity (Wildman–Crippen MR) is 129 cm³/mol. The third kappa shape index (κ3) is 4.27. The largest absolute Gasteiger partial charge is 0.325 e. The molecule has 4 aliphatic rings. The van der Waals surface area contributed by atoms with E-state index in [4.69, 9.17) is 11.6 Å². The quantitative estimate of drug-likeness (QED) is 0.627. The van der Waals surface area contributed by atoms with Gasteiger partial charge in [-0.15, -0.1) is 0 Å². The molecule has 2 aromatic carbocycles. The van der Waals surface area contributed by atoms with Crippen LogP contribution in [0.4, 0.5) is 11.4 Å². The van der Waals surface area contributed by atoms with E-state index in [1.807, 2.05) is 12.1 Å². The molecule has 6 rings (SSSR count). The molecule has 7 heteroatoms. The first-order chi connectivity index (χ1) is 15.2. The zero-order chi connectivity index (χ0) is 22.5. The number of carbonyl (C=O) groups is 1. The van der Waals surface area contributed by atoms with Gasteiger partial charge >= 0.3 is 0 Å². The smallest absolute Gasteiger partial charge is 0.245 e. The van der Waals surface area contributed by atoms with Crippen LogP contribution < -0.4 is 9.62 Å². The first-order valence-corrected chi connectivity index (χ1v) is 13.6. The van der Waals surface area contributed by atoms with Gasteiger partial charge in [-0.3, -0.25) is 9.10 Å². The van der Waals surface area contributed by atoms with Gasteiger partial charge in [-0.05, 0) is 104 Å². The molecule has 0 heterocycles. The summed E-state index contributed by atoms with van der Waals surface area (Å²) in [6.45, 7) is -0.294. The number of benzene rings is 2. The molecule has 0 atom stereocenters. The lowest BCUT2D eigenvalue weighted by atomic mass is 9.48. The Morgan fingerprint density at radius 3 is 2.00 bits per heavy atom. The van der Waals surface area contributed by atoms with E-state index in [0.29, 0.717) is 21.8 Å². The van der Waals surface area contributed by atoms with Crippen LogP contribution in [-0.2, 0) is 20.2 Å². The van der Waals surface area contributed by atoms with Crippen LogP contribution in [0.3, 0.4) is 0 Å². The molecule has 0 saturated heterocycles. The van der Waals surface area contributed by atoms with Crippen molar-refractivity contribution >= 4 is 38.9 Å². The summed E-state index contributed by atoms with van der Waals surface area (Å²) >= 11 is 5.91. The topological polar surface area (TPSA) is 66.5 Å². The maximum Gasteiger partial charge on any atom is 0.245 e.